The molecule has 0 spiro atoms. The number of carbonyl (C=O) groups is 2. The molecule has 0 aromatic heterocycles. The van der Waals surface area contributed by atoms with Gasteiger partial charge in [0.2, 0.25) is 5.91 Å². The number of nitrogens with two attached hydrogens (primary N) is 1. The van der Waals surface area contributed by atoms with Crippen LogP contribution in [0.5, 0.6) is 0 Å². The van der Waals surface area contributed by atoms with E-state index >= 15 is 0 Å². The van der Waals surface area contributed by atoms with E-state index in [1.807, 2.05) is 31.2 Å². The van der Waals surface area contributed by atoms with Crippen molar-refractivity contribution in [1.29, 1.82) is 0 Å². The molecule has 0 saturated heterocycles. The van der Waals surface area contributed by atoms with Crippen LogP contribution in [0.4, 0.5) is 0 Å². The Bertz CT molecular complexity index is 401. The lowest BCUT2D eigenvalue weighted by molar-refractivity contribution is -0.139. The molecule has 1 aromatic rings. The Hall–Kier alpha value is -1.88. The maximum atomic E-state index is 11.4. The number of carboxylic acids is 1. The maximum Gasteiger partial charge on any atom is 0.305 e. The second-order valence-corrected chi connectivity index (χ2v) is 3.91. The van der Waals surface area contributed by atoms with Crippen molar-refractivity contribution in [2.75, 3.05) is 0 Å². The first kappa shape index (κ1) is 13.2. The summed E-state index contributed by atoms with van der Waals surface area (Å²) in [5.41, 5.74) is 7.51. The van der Waals surface area contributed by atoms with Crippen LogP contribution in [-0.2, 0) is 16.1 Å². The minimum atomic E-state index is -1.08. The van der Waals surface area contributed by atoms with Crippen molar-refractivity contribution in [3.8, 4) is 0 Å². The first-order valence-corrected chi connectivity index (χ1v) is 5.29. The molecule has 1 unspecified atom stereocenters. The van der Waals surface area contributed by atoms with Crippen LogP contribution < -0.4 is 11.1 Å². The number of hydrogen-bond acceptors (Lipinski definition) is 3. The zero-order valence-corrected chi connectivity index (χ0v) is 9.64. The molecule has 0 bridgehead atoms. The normalized spacial score (nSPS) is 11.9. The van der Waals surface area contributed by atoms with Crippen LogP contribution in [0.2, 0.25) is 0 Å². The fourth-order valence-electron chi connectivity index (χ4n) is 1.31. The summed E-state index contributed by atoms with van der Waals surface area (Å²) in [7, 11) is 0. The van der Waals surface area contributed by atoms with Gasteiger partial charge in [-0.3, -0.25) is 9.59 Å². The standard InChI is InChI=1S/C12H16N2O3/c1-8-2-4-9(5-3-8)7-14-12(17)10(13)6-11(15)16/h2-5,10H,6-7,13H2,1H3,(H,14,17)(H,15,16). The van der Waals surface area contributed by atoms with E-state index in [1.54, 1.807) is 0 Å². The summed E-state index contributed by atoms with van der Waals surface area (Å²) in [6.45, 7) is 2.33. The Kier molecular flexibility index (Phi) is 4.66. The summed E-state index contributed by atoms with van der Waals surface area (Å²) in [5, 5.41) is 11.1. The van der Waals surface area contributed by atoms with Crippen LogP contribution in [0.1, 0.15) is 17.5 Å². The van der Waals surface area contributed by atoms with Crippen molar-refractivity contribution in [2.45, 2.75) is 25.9 Å². The molecule has 5 nitrogen and oxygen atoms in total. The molecule has 0 aliphatic carbocycles. The summed E-state index contributed by atoms with van der Waals surface area (Å²) in [4.78, 5) is 21.8. The second-order valence-electron chi connectivity index (χ2n) is 3.91. The van der Waals surface area contributed by atoms with E-state index in [4.69, 9.17) is 10.8 Å². The van der Waals surface area contributed by atoms with Gasteiger partial charge in [0.05, 0.1) is 12.5 Å². The van der Waals surface area contributed by atoms with Gasteiger partial charge in [0.15, 0.2) is 0 Å². The van der Waals surface area contributed by atoms with Gasteiger partial charge in [-0.1, -0.05) is 29.8 Å². The number of carbonyl (C=O) groups excluding carboxylic acids is 1. The van der Waals surface area contributed by atoms with Gasteiger partial charge in [0.25, 0.3) is 0 Å². The molecule has 92 valence electrons. The van der Waals surface area contributed by atoms with Crippen molar-refractivity contribution >= 4 is 11.9 Å². The van der Waals surface area contributed by atoms with E-state index < -0.39 is 17.9 Å². The zero-order valence-electron chi connectivity index (χ0n) is 9.64. The molecule has 0 radical (unpaired) electrons. The predicted molar refractivity (Wildman–Crippen MR) is 63.3 cm³/mol. The maximum absolute atomic E-state index is 11.4. The lowest BCUT2D eigenvalue weighted by Crippen LogP contribution is -2.41. The molecule has 5 heteroatoms. The van der Waals surface area contributed by atoms with Crippen LogP contribution in [0.25, 0.3) is 0 Å². The molecule has 1 amide bonds. The molecule has 4 N–H and O–H groups in total. The Balaban J connectivity index is 2.42. The molecule has 0 heterocycles. The highest BCUT2D eigenvalue weighted by Crippen LogP contribution is 2.02. The summed E-state index contributed by atoms with van der Waals surface area (Å²) in [5.74, 6) is -1.53. The average Bonchev–Trinajstić information content (AvgIpc) is 2.27. The van der Waals surface area contributed by atoms with Gasteiger partial charge in [-0.05, 0) is 12.5 Å². The third kappa shape index (κ3) is 4.65. The van der Waals surface area contributed by atoms with E-state index in [-0.39, 0.29) is 6.42 Å². The predicted octanol–water partition coefficient (Wildman–Crippen LogP) is 0.413. The van der Waals surface area contributed by atoms with Gasteiger partial charge >= 0.3 is 5.97 Å². The quantitative estimate of drug-likeness (QED) is 0.690. The van der Waals surface area contributed by atoms with Gasteiger partial charge in [-0.2, -0.15) is 0 Å². The average molecular weight is 236 g/mol. The SMILES string of the molecule is Cc1ccc(CNC(=O)C(N)CC(=O)O)cc1. The lowest BCUT2D eigenvalue weighted by atomic mass is 10.1. The monoisotopic (exact) mass is 236 g/mol. The van der Waals surface area contributed by atoms with Gasteiger partial charge in [0, 0.05) is 6.54 Å². The minimum Gasteiger partial charge on any atom is -0.481 e. The fourth-order valence-corrected chi connectivity index (χ4v) is 1.31. The molecular weight excluding hydrogens is 220 g/mol. The fraction of sp³-hybridized carbons (Fsp3) is 0.333. The Morgan fingerprint density at radius 1 is 1.35 bits per heavy atom. The highest BCUT2D eigenvalue weighted by atomic mass is 16.4. The molecule has 1 aromatic carbocycles. The Labute approximate surface area is 99.6 Å². The van der Waals surface area contributed by atoms with Gasteiger partial charge < -0.3 is 16.2 Å². The van der Waals surface area contributed by atoms with E-state index in [9.17, 15) is 9.59 Å². The van der Waals surface area contributed by atoms with Crippen molar-refractivity contribution in [2.24, 2.45) is 5.73 Å². The summed E-state index contributed by atoms with van der Waals surface area (Å²) >= 11 is 0. The largest absolute Gasteiger partial charge is 0.481 e. The van der Waals surface area contributed by atoms with Crippen LogP contribution in [-0.4, -0.2) is 23.0 Å². The molecule has 1 atom stereocenters. The summed E-state index contributed by atoms with van der Waals surface area (Å²) < 4.78 is 0. The third-order valence-corrected chi connectivity index (χ3v) is 2.32. The number of benzene rings is 1. The highest BCUT2D eigenvalue weighted by Gasteiger charge is 2.16. The Morgan fingerprint density at radius 2 is 1.94 bits per heavy atom. The molecule has 1 rings (SSSR count). The van der Waals surface area contributed by atoms with E-state index in [2.05, 4.69) is 5.32 Å². The van der Waals surface area contributed by atoms with E-state index in [0.29, 0.717) is 6.54 Å². The molecule has 17 heavy (non-hydrogen) atoms. The minimum absolute atomic E-state index is 0.354. The van der Waals surface area contributed by atoms with Crippen molar-refractivity contribution in [1.82, 2.24) is 5.32 Å². The van der Waals surface area contributed by atoms with Gasteiger partial charge in [-0.25, -0.2) is 0 Å². The number of aryl methyl sites for hydroxylation is 1. The van der Waals surface area contributed by atoms with Crippen molar-refractivity contribution in [3.05, 3.63) is 35.4 Å². The molecule has 0 fully saturated rings. The smallest absolute Gasteiger partial charge is 0.305 e. The molecule has 0 saturated carbocycles. The van der Waals surface area contributed by atoms with Crippen LogP contribution in [0, 0.1) is 6.92 Å². The number of aliphatic carboxylic acids is 1. The molecule has 0 aliphatic heterocycles. The van der Waals surface area contributed by atoms with Crippen LogP contribution >= 0.6 is 0 Å². The van der Waals surface area contributed by atoms with Gasteiger partial charge in [0.1, 0.15) is 0 Å². The van der Waals surface area contributed by atoms with E-state index in [1.165, 1.54) is 0 Å². The first-order chi connectivity index (χ1) is 7.99. The number of hydrogen-bond donors (Lipinski definition) is 3. The first-order valence-electron chi connectivity index (χ1n) is 5.29. The highest BCUT2D eigenvalue weighted by molar-refractivity contribution is 5.85. The van der Waals surface area contributed by atoms with Crippen LogP contribution in [0.15, 0.2) is 24.3 Å². The number of carboxylic acid groups (broad SMARTS) is 1. The van der Waals surface area contributed by atoms with Crippen molar-refractivity contribution in [3.63, 3.8) is 0 Å². The lowest BCUT2D eigenvalue weighted by Gasteiger charge is -2.10. The summed E-state index contributed by atoms with van der Waals surface area (Å²) in [6.07, 6.45) is -0.361. The van der Waals surface area contributed by atoms with E-state index in [0.717, 1.165) is 11.1 Å². The second kappa shape index (κ2) is 6.00. The van der Waals surface area contributed by atoms with Crippen molar-refractivity contribution < 1.29 is 14.7 Å². The zero-order chi connectivity index (χ0) is 12.8. The number of nitrogens with one attached hydrogen (secondary N) is 1. The number of rotatable bonds is 5. The summed E-state index contributed by atoms with van der Waals surface area (Å²) in [6, 6.07) is 6.69. The topological polar surface area (TPSA) is 92.4 Å². The van der Waals surface area contributed by atoms with Gasteiger partial charge in [-0.15, -0.1) is 0 Å². The van der Waals surface area contributed by atoms with Crippen LogP contribution in [0.3, 0.4) is 0 Å². The Morgan fingerprint density at radius 3 is 2.47 bits per heavy atom. The number of amides is 1. The third-order valence-electron chi connectivity index (χ3n) is 2.32. The molecule has 0 aliphatic rings. The molecular formula is C12H16N2O3.